The van der Waals surface area contributed by atoms with Crippen molar-refractivity contribution in [3.8, 4) is 0 Å². The molecule has 16 heavy (non-hydrogen) atoms. The van der Waals surface area contributed by atoms with Crippen molar-refractivity contribution in [2.45, 2.75) is 13.0 Å². The van der Waals surface area contributed by atoms with Crippen LogP contribution in [0.1, 0.15) is 29.0 Å². The van der Waals surface area contributed by atoms with Gasteiger partial charge in [-0.2, -0.15) is 5.10 Å². The molecular formula is C11H12N4O. The normalized spacial score (nSPS) is 12.1. The smallest absolute Gasteiger partial charge is 0.269 e. The molecule has 1 unspecified atom stereocenters. The molecule has 5 nitrogen and oxygen atoms in total. The zero-order valence-corrected chi connectivity index (χ0v) is 8.84. The molecule has 0 radical (unpaired) electrons. The summed E-state index contributed by atoms with van der Waals surface area (Å²) in [7, 11) is 0. The highest BCUT2D eigenvalue weighted by Gasteiger charge is 2.11. The number of carbonyl (C=O) groups excluding carboxylic acids is 1. The molecule has 1 atom stereocenters. The lowest BCUT2D eigenvalue weighted by Gasteiger charge is -2.12. The number of carbonyl (C=O) groups is 1. The minimum absolute atomic E-state index is 0.0792. The lowest BCUT2D eigenvalue weighted by atomic mass is 10.1. The molecule has 2 aromatic heterocycles. The summed E-state index contributed by atoms with van der Waals surface area (Å²) < 4.78 is 0. The minimum atomic E-state index is -0.172. The van der Waals surface area contributed by atoms with Crippen LogP contribution in [0.2, 0.25) is 0 Å². The SMILES string of the molecule is CC(NC(=O)c1ccn[nH]1)c1cccnc1. The molecule has 2 aromatic rings. The Labute approximate surface area is 92.9 Å². The van der Waals surface area contributed by atoms with Gasteiger partial charge in [0.2, 0.25) is 0 Å². The second kappa shape index (κ2) is 4.57. The molecule has 0 aliphatic rings. The highest BCUT2D eigenvalue weighted by Crippen LogP contribution is 2.10. The maximum absolute atomic E-state index is 11.7. The van der Waals surface area contributed by atoms with E-state index in [2.05, 4.69) is 20.5 Å². The number of amides is 1. The van der Waals surface area contributed by atoms with E-state index in [0.717, 1.165) is 5.56 Å². The number of hydrogen-bond acceptors (Lipinski definition) is 3. The minimum Gasteiger partial charge on any atom is -0.344 e. The van der Waals surface area contributed by atoms with E-state index >= 15 is 0 Å². The van der Waals surface area contributed by atoms with Crippen LogP contribution in [0.15, 0.2) is 36.8 Å². The topological polar surface area (TPSA) is 70.7 Å². The van der Waals surface area contributed by atoms with E-state index in [4.69, 9.17) is 0 Å². The number of aromatic amines is 1. The summed E-state index contributed by atoms with van der Waals surface area (Å²) in [6.45, 7) is 1.91. The standard InChI is InChI=1S/C11H12N4O/c1-8(9-3-2-5-12-7-9)14-11(16)10-4-6-13-15-10/h2-8H,1H3,(H,13,15)(H,14,16). The van der Waals surface area contributed by atoms with Crippen LogP contribution in [0.4, 0.5) is 0 Å². The monoisotopic (exact) mass is 216 g/mol. The van der Waals surface area contributed by atoms with E-state index < -0.39 is 0 Å². The fourth-order valence-corrected chi connectivity index (χ4v) is 1.37. The van der Waals surface area contributed by atoms with Crippen molar-refractivity contribution in [3.05, 3.63) is 48.0 Å². The number of rotatable bonds is 3. The molecule has 5 heteroatoms. The number of nitrogens with zero attached hydrogens (tertiary/aromatic N) is 2. The average molecular weight is 216 g/mol. The first kappa shape index (κ1) is 10.4. The van der Waals surface area contributed by atoms with Crippen LogP contribution in [-0.2, 0) is 0 Å². The van der Waals surface area contributed by atoms with Gasteiger partial charge in [0.15, 0.2) is 0 Å². The molecule has 82 valence electrons. The lowest BCUT2D eigenvalue weighted by Crippen LogP contribution is -2.26. The van der Waals surface area contributed by atoms with Crippen molar-refractivity contribution in [2.75, 3.05) is 0 Å². The second-order valence-corrected chi connectivity index (χ2v) is 3.45. The molecule has 0 spiro atoms. The van der Waals surface area contributed by atoms with Gasteiger partial charge in [0.05, 0.1) is 6.04 Å². The number of hydrogen-bond donors (Lipinski definition) is 2. The van der Waals surface area contributed by atoms with Crippen molar-refractivity contribution in [3.63, 3.8) is 0 Å². The zero-order valence-electron chi connectivity index (χ0n) is 8.84. The van der Waals surface area contributed by atoms with E-state index in [1.807, 2.05) is 19.1 Å². The fraction of sp³-hybridized carbons (Fsp3) is 0.182. The Bertz CT molecular complexity index is 452. The van der Waals surface area contributed by atoms with Gasteiger partial charge in [-0.15, -0.1) is 0 Å². The fourth-order valence-electron chi connectivity index (χ4n) is 1.37. The van der Waals surface area contributed by atoms with E-state index in [-0.39, 0.29) is 11.9 Å². The molecule has 1 amide bonds. The van der Waals surface area contributed by atoms with Gasteiger partial charge in [-0.1, -0.05) is 6.07 Å². The summed E-state index contributed by atoms with van der Waals surface area (Å²) in [5.74, 6) is -0.172. The molecule has 0 saturated carbocycles. The van der Waals surface area contributed by atoms with Gasteiger partial charge >= 0.3 is 0 Å². The Balaban J connectivity index is 2.03. The van der Waals surface area contributed by atoms with Gasteiger partial charge in [-0.25, -0.2) is 0 Å². The van der Waals surface area contributed by atoms with Crippen LogP contribution < -0.4 is 5.32 Å². The van der Waals surface area contributed by atoms with E-state index in [9.17, 15) is 4.79 Å². The average Bonchev–Trinajstić information content (AvgIpc) is 2.83. The van der Waals surface area contributed by atoms with Gasteiger partial charge in [0, 0.05) is 18.6 Å². The Morgan fingerprint density at radius 1 is 1.44 bits per heavy atom. The third kappa shape index (κ3) is 2.25. The number of pyridine rings is 1. The van der Waals surface area contributed by atoms with Gasteiger partial charge in [-0.3, -0.25) is 14.9 Å². The first-order chi connectivity index (χ1) is 7.77. The quantitative estimate of drug-likeness (QED) is 0.812. The molecule has 0 bridgehead atoms. The Morgan fingerprint density at radius 3 is 2.94 bits per heavy atom. The van der Waals surface area contributed by atoms with Crippen LogP contribution in [0, 0.1) is 0 Å². The highest BCUT2D eigenvalue weighted by molar-refractivity contribution is 5.92. The van der Waals surface area contributed by atoms with Crippen molar-refractivity contribution < 1.29 is 4.79 Å². The van der Waals surface area contributed by atoms with Crippen LogP contribution in [0.25, 0.3) is 0 Å². The van der Waals surface area contributed by atoms with Crippen LogP contribution >= 0.6 is 0 Å². The first-order valence-corrected chi connectivity index (χ1v) is 4.97. The predicted octanol–water partition coefficient (Wildman–Crippen LogP) is 1.30. The molecule has 0 aliphatic carbocycles. The Hall–Kier alpha value is -2.17. The zero-order chi connectivity index (χ0) is 11.4. The van der Waals surface area contributed by atoms with Crippen molar-refractivity contribution in [1.29, 1.82) is 0 Å². The van der Waals surface area contributed by atoms with Crippen LogP contribution in [-0.4, -0.2) is 21.1 Å². The molecule has 0 aliphatic heterocycles. The summed E-state index contributed by atoms with van der Waals surface area (Å²) in [4.78, 5) is 15.7. The van der Waals surface area contributed by atoms with Crippen molar-refractivity contribution >= 4 is 5.91 Å². The predicted molar refractivity (Wildman–Crippen MR) is 58.7 cm³/mol. The molecule has 2 N–H and O–H groups in total. The molecule has 0 aromatic carbocycles. The molecule has 0 fully saturated rings. The highest BCUT2D eigenvalue weighted by atomic mass is 16.2. The van der Waals surface area contributed by atoms with Crippen molar-refractivity contribution in [1.82, 2.24) is 20.5 Å². The summed E-state index contributed by atoms with van der Waals surface area (Å²) in [5.41, 5.74) is 1.42. The largest absolute Gasteiger partial charge is 0.344 e. The Kier molecular flexibility index (Phi) is 2.95. The summed E-state index contributed by atoms with van der Waals surface area (Å²) >= 11 is 0. The molecule has 2 rings (SSSR count). The second-order valence-electron chi connectivity index (χ2n) is 3.45. The number of aromatic nitrogens is 3. The lowest BCUT2D eigenvalue weighted by molar-refractivity contribution is 0.0935. The third-order valence-electron chi connectivity index (χ3n) is 2.28. The Morgan fingerprint density at radius 2 is 2.31 bits per heavy atom. The summed E-state index contributed by atoms with van der Waals surface area (Å²) in [6.07, 6.45) is 4.98. The summed E-state index contributed by atoms with van der Waals surface area (Å²) in [5, 5.41) is 9.19. The molecular weight excluding hydrogens is 204 g/mol. The first-order valence-electron chi connectivity index (χ1n) is 4.97. The van der Waals surface area contributed by atoms with E-state index in [0.29, 0.717) is 5.69 Å². The van der Waals surface area contributed by atoms with Gasteiger partial charge in [0.1, 0.15) is 5.69 Å². The van der Waals surface area contributed by atoms with E-state index in [1.54, 1.807) is 24.7 Å². The van der Waals surface area contributed by atoms with Gasteiger partial charge in [0.25, 0.3) is 5.91 Å². The number of nitrogens with one attached hydrogen (secondary N) is 2. The van der Waals surface area contributed by atoms with Crippen LogP contribution in [0.3, 0.4) is 0 Å². The van der Waals surface area contributed by atoms with Gasteiger partial charge in [-0.05, 0) is 24.6 Å². The third-order valence-corrected chi connectivity index (χ3v) is 2.28. The molecule has 2 heterocycles. The summed E-state index contributed by atoms with van der Waals surface area (Å²) in [6, 6.07) is 5.31. The van der Waals surface area contributed by atoms with Crippen molar-refractivity contribution in [2.24, 2.45) is 0 Å². The maximum Gasteiger partial charge on any atom is 0.269 e. The van der Waals surface area contributed by atoms with E-state index in [1.165, 1.54) is 0 Å². The maximum atomic E-state index is 11.7. The van der Waals surface area contributed by atoms with Gasteiger partial charge < -0.3 is 5.32 Å². The molecule has 0 saturated heterocycles. The number of H-pyrrole nitrogens is 1. The van der Waals surface area contributed by atoms with Crippen LogP contribution in [0.5, 0.6) is 0 Å².